The van der Waals surface area contributed by atoms with Gasteiger partial charge in [0.05, 0.1) is 29.3 Å². The summed E-state index contributed by atoms with van der Waals surface area (Å²) in [6.45, 7) is 0.214. The SMILES string of the molecule is CN(C)c1cc(-c2cc(NCc3ccc(Cl)s3)n(C(=O)c3cnoc3)n2)cn(CC(=O)c2ccsn2)c1=O. The maximum absolute atomic E-state index is 13.2. The minimum absolute atomic E-state index is 0.193. The molecule has 38 heavy (non-hydrogen) atoms. The van der Waals surface area contributed by atoms with Crippen molar-refractivity contribution >= 4 is 57.7 Å². The predicted molar refractivity (Wildman–Crippen MR) is 146 cm³/mol. The molecule has 5 heterocycles. The zero-order valence-corrected chi connectivity index (χ0v) is 22.5. The van der Waals surface area contributed by atoms with Crippen molar-refractivity contribution in [3.8, 4) is 11.3 Å². The van der Waals surface area contributed by atoms with Gasteiger partial charge in [-0.1, -0.05) is 16.8 Å². The number of ketones is 1. The van der Waals surface area contributed by atoms with Crippen LogP contribution in [0, 0.1) is 0 Å². The lowest BCUT2D eigenvalue weighted by Gasteiger charge is -2.15. The number of anilines is 2. The van der Waals surface area contributed by atoms with E-state index in [1.165, 1.54) is 44.6 Å². The average molecular weight is 570 g/mol. The number of nitrogens with one attached hydrogen (secondary N) is 1. The number of pyridine rings is 1. The molecule has 0 radical (unpaired) electrons. The van der Waals surface area contributed by atoms with E-state index in [2.05, 4.69) is 19.9 Å². The largest absolute Gasteiger partial charge is 0.373 e. The Morgan fingerprint density at radius 1 is 1.21 bits per heavy atom. The monoisotopic (exact) mass is 569 g/mol. The van der Waals surface area contributed by atoms with E-state index in [0.29, 0.717) is 39.3 Å². The number of nitrogens with zero attached hydrogens (tertiary/aromatic N) is 6. The third kappa shape index (κ3) is 5.30. The Morgan fingerprint density at radius 3 is 2.71 bits per heavy atom. The number of carbonyl (C=O) groups is 2. The zero-order chi connectivity index (χ0) is 26.8. The molecule has 0 aromatic carbocycles. The number of halogens is 1. The fraction of sp³-hybridized carbons (Fsp3) is 0.167. The lowest BCUT2D eigenvalue weighted by molar-refractivity contribution is 0.0944. The minimum atomic E-state index is -0.455. The summed E-state index contributed by atoms with van der Waals surface area (Å²) in [4.78, 5) is 41.7. The average Bonchev–Trinajstić information content (AvgIpc) is 3.71. The Bertz CT molecular complexity index is 1650. The molecule has 5 aromatic rings. The molecule has 0 fully saturated rings. The molecular formula is C24H20ClN7O4S2. The Labute approximate surface area is 229 Å². The van der Waals surface area contributed by atoms with Gasteiger partial charge in [0.25, 0.3) is 11.5 Å². The lowest BCUT2D eigenvalue weighted by atomic mass is 10.1. The standard InChI is InChI=1S/C24H20ClN7O4S2/c1-30(2)19-7-14(11-31(24(19)35)12-20(33)17-5-6-37-29-17)18-8-22(26-10-16-3-4-21(25)38-16)32(28-18)23(34)15-9-27-36-13-15/h3-9,11,13,26H,10,12H2,1-2H3. The van der Waals surface area contributed by atoms with E-state index < -0.39 is 5.91 Å². The fourth-order valence-electron chi connectivity index (χ4n) is 3.65. The van der Waals surface area contributed by atoms with Gasteiger partial charge in [-0.3, -0.25) is 14.4 Å². The summed E-state index contributed by atoms with van der Waals surface area (Å²) < 4.78 is 12.1. The van der Waals surface area contributed by atoms with Gasteiger partial charge in [-0.15, -0.1) is 11.3 Å². The van der Waals surface area contributed by atoms with Crippen LogP contribution in [-0.4, -0.2) is 49.7 Å². The van der Waals surface area contributed by atoms with Crippen molar-refractivity contribution in [1.29, 1.82) is 0 Å². The summed E-state index contributed by atoms with van der Waals surface area (Å²) in [7, 11) is 3.47. The maximum Gasteiger partial charge on any atom is 0.285 e. The first-order chi connectivity index (χ1) is 18.3. The second kappa shape index (κ2) is 10.7. The van der Waals surface area contributed by atoms with Crippen LogP contribution in [0.4, 0.5) is 11.5 Å². The zero-order valence-electron chi connectivity index (χ0n) is 20.1. The second-order valence-electron chi connectivity index (χ2n) is 8.35. The molecule has 14 heteroatoms. The molecular weight excluding hydrogens is 550 g/mol. The van der Waals surface area contributed by atoms with Gasteiger partial charge in [0.2, 0.25) is 5.78 Å². The second-order valence-corrected chi connectivity index (χ2v) is 10.8. The normalized spacial score (nSPS) is 11.0. The maximum atomic E-state index is 13.2. The van der Waals surface area contributed by atoms with Gasteiger partial charge >= 0.3 is 0 Å². The minimum Gasteiger partial charge on any atom is -0.373 e. The van der Waals surface area contributed by atoms with Gasteiger partial charge in [-0.25, -0.2) is 0 Å². The van der Waals surface area contributed by atoms with Crippen molar-refractivity contribution in [2.75, 3.05) is 24.3 Å². The molecule has 5 rings (SSSR count). The fourth-order valence-corrected chi connectivity index (χ4v) is 5.20. The number of carbonyl (C=O) groups excluding carboxylic acids is 2. The summed E-state index contributed by atoms with van der Waals surface area (Å²) in [5, 5.41) is 13.1. The number of hydrogen-bond donors (Lipinski definition) is 1. The molecule has 5 aromatic heterocycles. The van der Waals surface area contributed by atoms with Crippen molar-refractivity contribution in [1.82, 2.24) is 23.9 Å². The number of rotatable bonds is 9. The van der Waals surface area contributed by atoms with Crippen molar-refractivity contribution < 1.29 is 14.1 Å². The molecule has 194 valence electrons. The molecule has 0 aliphatic rings. The molecule has 11 nitrogen and oxygen atoms in total. The molecule has 0 bridgehead atoms. The topological polar surface area (TPSA) is 128 Å². The van der Waals surface area contributed by atoms with Crippen molar-refractivity contribution in [3.05, 3.63) is 85.2 Å². The van der Waals surface area contributed by atoms with Gasteiger partial charge in [0, 0.05) is 42.2 Å². The van der Waals surface area contributed by atoms with E-state index in [1.807, 2.05) is 6.07 Å². The molecule has 0 unspecified atom stereocenters. The van der Waals surface area contributed by atoms with Crippen LogP contribution in [0.25, 0.3) is 11.3 Å². The number of thiophene rings is 1. The highest BCUT2D eigenvalue weighted by Gasteiger charge is 2.21. The highest BCUT2D eigenvalue weighted by atomic mass is 35.5. The number of aromatic nitrogens is 5. The number of hydrogen-bond acceptors (Lipinski definition) is 11. The Balaban J connectivity index is 1.55. The van der Waals surface area contributed by atoms with Gasteiger partial charge in [-0.2, -0.15) is 14.2 Å². The van der Waals surface area contributed by atoms with Gasteiger partial charge in [0.15, 0.2) is 0 Å². The van der Waals surface area contributed by atoms with Crippen LogP contribution in [0.2, 0.25) is 4.34 Å². The van der Waals surface area contributed by atoms with Crippen molar-refractivity contribution in [2.45, 2.75) is 13.1 Å². The van der Waals surface area contributed by atoms with Crippen LogP contribution in [-0.2, 0) is 13.1 Å². The van der Waals surface area contributed by atoms with Gasteiger partial charge in [0.1, 0.15) is 29.0 Å². The van der Waals surface area contributed by atoms with Crippen LogP contribution in [0.1, 0.15) is 25.7 Å². The third-order valence-electron chi connectivity index (χ3n) is 5.54. The van der Waals surface area contributed by atoms with Crippen LogP contribution >= 0.6 is 34.5 Å². The Hall–Kier alpha value is -4.07. The van der Waals surface area contributed by atoms with Crippen LogP contribution in [0.5, 0.6) is 0 Å². The summed E-state index contributed by atoms with van der Waals surface area (Å²) >= 11 is 8.64. The smallest absolute Gasteiger partial charge is 0.285 e. The van der Waals surface area contributed by atoms with E-state index in [9.17, 15) is 14.4 Å². The Morgan fingerprint density at radius 2 is 2.05 bits per heavy atom. The van der Waals surface area contributed by atoms with Crippen LogP contribution in [0.15, 0.2) is 63.7 Å². The first kappa shape index (κ1) is 25.6. The molecule has 0 saturated carbocycles. The molecule has 0 atom stereocenters. The van der Waals surface area contributed by atoms with E-state index in [-0.39, 0.29) is 23.5 Å². The molecule has 0 amide bonds. The first-order valence-electron chi connectivity index (χ1n) is 11.2. The van der Waals surface area contributed by atoms with E-state index >= 15 is 0 Å². The Kier molecular flexibility index (Phi) is 7.22. The summed E-state index contributed by atoms with van der Waals surface area (Å²) in [6, 6.07) is 8.68. The quantitative estimate of drug-likeness (QED) is 0.261. The van der Waals surface area contributed by atoms with Crippen molar-refractivity contribution in [2.24, 2.45) is 0 Å². The molecule has 0 spiro atoms. The van der Waals surface area contributed by atoms with E-state index in [0.717, 1.165) is 4.88 Å². The third-order valence-corrected chi connectivity index (χ3v) is 7.33. The highest BCUT2D eigenvalue weighted by Crippen LogP contribution is 2.27. The summed E-state index contributed by atoms with van der Waals surface area (Å²) in [6.07, 6.45) is 4.10. The van der Waals surface area contributed by atoms with Gasteiger partial charge < -0.3 is 19.3 Å². The van der Waals surface area contributed by atoms with E-state index in [1.54, 1.807) is 54.8 Å². The van der Waals surface area contributed by atoms with E-state index in [4.69, 9.17) is 16.1 Å². The highest BCUT2D eigenvalue weighted by molar-refractivity contribution is 7.16. The van der Waals surface area contributed by atoms with Crippen LogP contribution in [0.3, 0.4) is 0 Å². The lowest BCUT2D eigenvalue weighted by Crippen LogP contribution is -2.29. The summed E-state index contributed by atoms with van der Waals surface area (Å²) in [5.41, 5.74) is 1.49. The van der Waals surface area contributed by atoms with Crippen molar-refractivity contribution in [3.63, 3.8) is 0 Å². The molecule has 0 saturated heterocycles. The molecule has 1 N–H and O–H groups in total. The summed E-state index contributed by atoms with van der Waals surface area (Å²) in [5.74, 6) is -0.331. The molecule has 0 aliphatic carbocycles. The first-order valence-corrected chi connectivity index (χ1v) is 13.2. The number of Topliss-reactive ketones (excluding diaryl/α,β-unsaturated/α-hetero) is 1. The van der Waals surface area contributed by atoms with Crippen LogP contribution < -0.4 is 15.8 Å². The van der Waals surface area contributed by atoms with Gasteiger partial charge in [-0.05, 0) is 35.8 Å². The molecule has 0 aliphatic heterocycles. The predicted octanol–water partition coefficient (Wildman–Crippen LogP) is 4.12.